The van der Waals surface area contributed by atoms with Gasteiger partial charge < -0.3 is 19.8 Å². The number of benzene rings is 1. The van der Waals surface area contributed by atoms with Crippen molar-refractivity contribution in [3.8, 4) is 0 Å². The maximum absolute atomic E-state index is 12.2. The Labute approximate surface area is 148 Å². The van der Waals surface area contributed by atoms with E-state index in [-0.39, 0.29) is 18.7 Å². The minimum atomic E-state index is -0.932. The molecule has 0 bridgehead atoms. The Hall–Kier alpha value is -2.75. The molecule has 1 aliphatic rings. The largest absolute Gasteiger partial charge is 0.394 e. The highest BCUT2D eigenvalue weighted by molar-refractivity contribution is 5.74. The maximum Gasteiger partial charge on any atom is 0.330 e. The molecule has 3 N–H and O–H groups in total. The number of aromatic amines is 1. The normalized spacial score (nSPS) is 22.3. The van der Waals surface area contributed by atoms with E-state index in [1.807, 2.05) is 30.3 Å². The number of carbonyl (C=O) groups excluding carboxylic acids is 1. The molecule has 1 amide bonds. The van der Waals surface area contributed by atoms with Crippen LogP contribution in [0.25, 0.3) is 0 Å². The quantitative estimate of drug-likeness (QED) is 0.587. The van der Waals surface area contributed by atoms with E-state index in [0.717, 1.165) is 10.1 Å². The summed E-state index contributed by atoms with van der Waals surface area (Å²) in [6, 6.07) is 9.08. The second-order valence-electron chi connectivity index (χ2n) is 6.01. The molecule has 0 radical (unpaired) electrons. The van der Waals surface area contributed by atoms with Gasteiger partial charge in [0.05, 0.1) is 19.3 Å². The molecule has 2 heterocycles. The van der Waals surface area contributed by atoms with Crippen molar-refractivity contribution >= 4 is 12.1 Å². The molecule has 0 unspecified atom stereocenters. The third kappa shape index (κ3) is 3.59. The Bertz CT molecular complexity index is 878. The van der Waals surface area contributed by atoms with E-state index < -0.39 is 36.3 Å². The Morgan fingerprint density at radius 1 is 1.31 bits per heavy atom. The van der Waals surface area contributed by atoms with Gasteiger partial charge in [-0.15, -0.1) is 0 Å². The smallest absolute Gasteiger partial charge is 0.330 e. The fourth-order valence-corrected chi connectivity index (χ4v) is 2.90. The van der Waals surface area contributed by atoms with Gasteiger partial charge in [-0.25, -0.2) is 4.79 Å². The summed E-state index contributed by atoms with van der Waals surface area (Å²) in [5.41, 5.74) is -0.634. The number of nitrogens with one attached hydrogen (secondary N) is 1. The molecular formula is C17H19N3O6. The predicted octanol–water partition coefficient (Wildman–Crippen LogP) is -0.660. The topological polar surface area (TPSA) is 125 Å². The van der Waals surface area contributed by atoms with Gasteiger partial charge >= 0.3 is 5.69 Å². The number of hydrogen-bond donors (Lipinski definition) is 3. The first-order chi connectivity index (χ1) is 12.5. The van der Waals surface area contributed by atoms with E-state index in [2.05, 4.69) is 4.98 Å². The Balaban J connectivity index is 1.93. The van der Waals surface area contributed by atoms with Crippen molar-refractivity contribution in [1.82, 2.24) is 9.55 Å². The first-order valence-electron chi connectivity index (χ1n) is 8.09. The molecule has 26 heavy (non-hydrogen) atoms. The average molecular weight is 361 g/mol. The summed E-state index contributed by atoms with van der Waals surface area (Å²) < 4.78 is 6.56. The number of aromatic nitrogens is 2. The first-order valence-corrected chi connectivity index (χ1v) is 8.09. The maximum atomic E-state index is 12.2. The Morgan fingerprint density at radius 3 is 2.65 bits per heavy atom. The highest BCUT2D eigenvalue weighted by atomic mass is 16.5. The number of nitrogens with zero attached hydrogens (tertiary/aromatic N) is 2. The first kappa shape index (κ1) is 18.1. The van der Waals surface area contributed by atoms with Gasteiger partial charge in [-0.2, -0.15) is 0 Å². The molecule has 1 saturated heterocycles. The highest BCUT2D eigenvalue weighted by Crippen LogP contribution is 2.27. The lowest BCUT2D eigenvalue weighted by Crippen LogP contribution is -2.37. The van der Waals surface area contributed by atoms with Gasteiger partial charge in [0, 0.05) is 12.6 Å². The van der Waals surface area contributed by atoms with Crippen molar-refractivity contribution in [3.63, 3.8) is 0 Å². The third-order valence-corrected chi connectivity index (χ3v) is 4.28. The average Bonchev–Trinajstić information content (AvgIpc) is 3.01. The van der Waals surface area contributed by atoms with Crippen LogP contribution >= 0.6 is 0 Å². The molecule has 138 valence electrons. The summed E-state index contributed by atoms with van der Waals surface area (Å²) in [7, 11) is 0. The number of aliphatic hydroxyl groups is 2. The zero-order chi connectivity index (χ0) is 18.7. The van der Waals surface area contributed by atoms with Crippen molar-refractivity contribution in [2.75, 3.05) is 11.5 Å². The van der Waals surface area contributed by atoms with Gasteiger partial charge in [0.1, 0.15) is 18.0 Å². The number of H-pyrrole nitrogens is 1. The SMILES string of the molecule is O=CN(Cc1ccccc1)c1cn([C@H]2C[C@H](O)[C@@H](CO)O2)c(=O)[nH]c1=O. The van der Waals surface area contributed by atoms with E-state index in [0.29, 0.717) is 6.41 Å². The molecule has 3 atom stereocenters. The molecule has 1 aliphatic heterocycles. The lowest BCUT2D eigenvalue weighted by atomic mass is 10.2. The van der Waals surface area contributed by atoms with Crippen LogP contribution in [0.15, 0.2) is 46.1 Å². The standard InChI is InChI=1S/C17H19N3O6/c21-9-14-13(23)6-15(26-14)20-8-12(16(24)18-17(20)25)19(10-22)7-11-4-2-1-3-5-11/h1-5,8,10,13-15,21,23H,6-7,9H2,(H,18,24,25)/t13-,14+,15+/m0/s1. The van der Waals surface area contributed by atoms with Crippen molar-refractivity contribution in [2.24, 2.45) is 0 Å². The molecule has 0 aliphatic carbocycles. The van der Waals surface area contributed by atoms with Crippen LogP contribution in [0.2, 0.25) is 0 Å². The fraction of sp³-hybridized carbons (Fsp3) is 0.353. The summed E-state index contributed by atoms with van der Waals surface area (Å²) >= 11 is 0. The van der Waals surface area contributed by atoms with Crippen LogP contribution in [0.3, 0.4) is 0 Å². The van der Waals surface area contributed by atoms with Crippen molar-refractivity contribution in [1.29, 1.82) is 0 Å². The molecule has 0 spiro atoms. The van der Waals surface area contributed by atoms with Crippen LogP contribution in [-0.4, -0.2) is 45.0 Å². The minimum absolute atomic E-state index is 0.0195. The number of rotatable bonds is 6. The van der Waals surface area contributed by atoms with Crippen LogP contribution in [0.5, 0.6) is 0 Å². The Morgan fingerprint density at radius 2 is 2.04 bits per heavy atom. The lowest BCUT2D eigenvalue weighted by Gasteiger charge is -2.20. The van der Waals surface area contributed by atoms with Crippen LogP contribution in [0.4, 0.5) is 5.69 Å². The van der Waals surface area contributed by atoms with E-state index in [4.69, 9.17) is 4.74 Å². The van der Waals surface area contributed by atoms with E-state index in [1.54, 1.807) is 0 Å². The molecule has 1 fully saturated rings. The van der Waals surface area contributed by atoms with Gasteiger partial charge in [-0.3, -0.25) is 19.1 Å². The zero-order valence-corrected chi connectivity index (χ0v) is 13.8. The molecule has 1 aromatic carbocycles. The molecular weight excluding hydrogens is 342 g/mol. The van der Waals surface area contributed by atoms with Gasteiger partial charge in [0.2, 0.25) is 6.41 Å². The number of carbonyl (C=O) groups is 1. The summed E-state index contributed by atoms with van der Waals surface area (Å²) in [4.78, 5) is 39.2. The summed E-state index contributed by atoms with van der Waals surface area (Å²) in [5, 5.41) is 19.0. The van der Waals surface area contributed by atoms with Gasteiger partial charge in [-0.1, -0.05) is 30.3 Å². The summed E-state index contributed by atoms with van der Waals surface area (Å²) in [5.74, 6) is 0. The molecule has 1 aromatic heterocycles. The van der Waals surface area contributed by atoms with Gasteiger partial charge in [0.15, 0.2) is 0 Å². The zero-order valence-electron chi connectivity index (χ0n) is 13.8. The molecule has 0 saturated carbocycles. The number of hydrogen-bond acceptors (Lipinski definition) is 6. The molecule has 3 rings (SSSR count). The van der Waals surface area contributed by atoms with E-state index in [9.17, 15) is 24.6 Å². The van der Waals surface area contributed by atoms with E-state index >= 15 is 0 Å². The van der Waals surface area contributed by atoms with Crippen molar-refractivity contribution in [2.45, 2.75) is 31.4 Å². The summed E-state index contributed by atoms with van der Waals surface area (Å²) in [6.45, 7) is -0.240. The number of aliphatic hydroxyl groups excluding tert-OH is 2. The molecule has 9 nitrogen and oxygen atoms in total. The van der Waals surface area contributed by atoms with Crippen LogP contribution in [0, 0.1) is 0 Å². The number of amides is 1. The van der Waals surface area contributed by atoms with Crippen LogP contribution in [0.1, 0.15) is 18.2 Å². The second kappa shape index (κ2) is 7.65. The Kier molecular flexibility index (Phi) is 5.31. The third-order valence-electron chi connectivity index (χ3n) is 4.28. The number of ether oxygens (including phenoxy) is 1. The van der Waals surface area contributed by atoms with E-state index in [1.165, 1.54) is 11.1 Å². The minimum Gasteiger partial charge on any atom is -0.394 e. The second-order valence-corrected chi connectivity index (χ2v) is 6.01. The lowest BCUT2D eigenvalue weighted by molar-refractivity contribution is -0.107. The van der Waals surface area contributed by atoms with Gasteiger partial charge in [-0.05, 0) is 5.56 Å². The number of anilines is 1. The monoisotopic (exact) mass is 361 g/mol. The molecule has 9 heteroatoms. The van der Waals surface area contributed by atoms with Gasteiger partial charge in [0.25, 0.3) is 5.56 Å². The van der Waals surface area contributed by atoms with Crippen LogP contribution in [-0.2, 0) is 16.1 Å². The van der Waals surface area contributed by atoms with Crippen molar-refractivity contribution < 1.29 is 19.7 Å². The fourth-order valence-electron chi connectivity index (χ4n) is 2.90. The van der Waals surface area contributed by atoms with Crippen LogP contribution < -0.4 is 16.1 Å². The molecule has 2 aromatic rings. The van der Waals surface area contributed by atoms with Crippen molar-refractivity contribution in [3.05, 3.63) is 62.9 Å². The summed E-state index contributed by atoms with van der Waals surface area (Å²) in [6.07, 6.45) is -0.776. The highest BCUT2D eigenvalue weighted by Gasteiger charge is 2.35. The predicted molar refractivity (Wildman–Crippen MR) is 91.6 cm³/mol.